The van der Waals surface area contributed by atoms with E-state index in [2.05, 4.69) is 112 Å². The van der Waals surface area contributed by atoms with E-state index in [1.54, 1.807) is 0 Å². The molecule has 4 nitrogen and oxygen atoms in total. The van der Waals surface area contributed by atoms with Crippen molar-refractivity contribution >= 4 is 94.9 Å². The van der Waals surface area contributed by atoms with Crippen LogP contribution in [0.4, 0.5) is 22.7 Å². The zero-order valence-electron chi connectivity index (χ0n) is 18.8. The number of anilines is 4. The Hall–Kier alpha value is -0.440. The van der Waals surface area contributed by atoms with Gasteiger partial charge in [0.15, 0.2) is 0 Å². The predicted molar refractivity (Wildman–Crippen MR) is 144 cm³/mol. The second-order valence-electron chi connectivity index (χ2n) is 7.45. The van der Waals surface area contributed by atoms with Gasteiger partial charge in [-0.2, -0.15) is 0 Å². The fourth-order valence-electron chi connectivity index (χ4n) is 3.12. The molecule has 166 valence electrons. The van der Waals surface area contributed by atoms with Crippen LogP contribution in [0.1, 0.15) is 0 Å². The molecule has 2 aromatic carbocycles. The van der Waals surface area contributed by atoms with Crippen LogP contribution in [-0.4, -0.2) is 76.5 Å². The average molecular weight is 569 g/mol. The van der Waals surface area contributed by atoms with Gasteiger partial charge in [-0.05, 0) is 0 Å². The molecule has 0 aliphatic carbocycles. The summed E-state index contributed by atoms with van der Waals surface area (Å²) in [5.41, 5.74) is 4.83. The Labute approximate surface area is 206 Å². The van der Waals surface area contributed by atoms with E-state index in [1.165, 1.54) is 31.5 Å². The van der Waals surface area contributed by atoms with Gasteiger partial charge in [-0.3, -0.25) is 0 Å². The molecule has 10 heteroatoms. The molecular weight excluding hydrogens is 539 g/mol. The van der Waals surface area contributed by atoms with Gasteiger partial charge in [0.05, 0.1) is 0 Å². The van der Waals surface area contributed by atoms with Crippen LogP contribution in [-0.2, 0) is 0 Å². The van der Waals surface area contributed by atoms with E-state index in [4.69, 9.17) is 43.2 Å². The van der Waals surface area contributed by atoms with Gasteiger partial charge >= 0.3 is 174 Å². The van der Waals surface area contributed by atoms with Crippen molar-refractivity contribution in [2.75, 3.05) is 76.0 Å². The number of rotatable bonds is 6. The van der Waals surface area contributed by atoms with E-state index >= 15 is 0 Å². The summed E-state index contributed by atoms with van der Waals surface area (Å²) in [5.74, 6) is 0. The molecule has 2 radical (unpaired) electrons. The first-order valence-electron chi connectivity index (χ1n) is 9.22. The minimum absolute atomic E-state index is 1.21. The summed E-state index contributed by atoms with van der Waals surface area (Å²) in [7, 11) is 24.1. The molecule has 0 aromatic heterocycles. The van der Waals surface area contributed by atoms with Crippen molar-refractivity contribution < 1.29 is 0 Å². The van der Waals surface area contributed by atoms with Crippen LogP contribution < -0.4 is 28.4 Å². The average Bonchev–Trinajstić information content (AvgIpc) is 2.65. The van der Waals surface area contributed by atoms with Crippen molar-refractivity contribution in [2.45, 2.75) is 0 Å². The molecule has 0 heterocycles. The van der Waals surface area contributed by atoms with Gasteiger partial charge in [0.1, 0.15) is 0 Å². The fourth-order valence-corrected chi connectivity index (χ4v) is 10.1. The summed E-state index contributed by atoms with van der Waals surface area (Å²) in [6.45, 7) is -1.46. The molecule has 0 saturated heterocycles. The SMILES string of the molecule is CN(C)c1cccc(N(C)C)[c]1[Ge]([Cl])[c]1c(N(C)C)cccc1N(C)C.Cl[Si](Cl)Cl. The molecular formula is C20H30Cl4GeN4Si. The Balaban J connectivity index is 0.00000103. The van der Waals surface area contributed by atoms with Crippen molar-refractivity contribution in [3.05, 3.63) is 36.4 Å². The first-order valence-corrected chi connectivity index (χ1v) is 18.6. The van der Waals surface area contributed by atoms with Crippen molar-refractivity contribution in [3.63, 3.8) is 0 Å². The first kappa shape index (κ1) is 27.6. The van der Waals surface area contributed by atoms with Crippen LogP contribution in [0.15, 0.2) is 36.4 Å². The molecule has 0 bridgehead atoms. The van der Waals surface area contributed by atoms with Gasteiger partial charge in [-0.15, -0.1) is 33.2 Å². The Morgan fingerprint density at radius 2 is 0.767 bits per heavy atom. The van der Waals surface area contributed by atoms with Crippen molar-refractivity contribution in [3.8, 4) is 0 Å². The Morgan fingerprint density at radius 1 is 0.567 bits per heavy atom. The van der Waals surface area contributed by atoms with Crippen LogP contribution in [0.5, 0.6) is 0 Å². The summed E-state index contributed by atoms with van der Waals surface area (Å²) < 4.78 is 2.59. The van der Waals surface area contributed by atoms with E-state index in [-0.39, 0.29) is 0 Å². The van der Waals surface area contributed by atoms with Crippen LogP contribution in [0.3, 0.4) is 0 Å². The molecule has 0 N–H and O–H groups in total. The topological polar surface area (TPSA) is 13.0 Å². The summed E-state index contributed by atoms with van der Waals surface area (Å²) in [5, 5.41) is 0. The third kappa shape index (κ3) is 7.31. The number of hydrogen-bond acceptors (Lipinski definition) is 4. The van der Waals surface area contributed by atoms with Gasteiger partial charge in [-0.1, -0.05) is 0 Å². The molecule has 0 aliphatic heterocycles. The summed E-state index contributed by atoms with van der Waals surface area (Å²) in [6, 6.07) is 12.9. The second-order valence-corrected chi connectivity index (χ2v) is 18.4. The normalized spacial score (nSPS) is 10.6. The second kappa shape index (κ2) is 12.6. The third-order valence-electron chi connectivity index (χ3n) is 4.41. The zero-order valence-corrected chi connectivity index (χ0v) is 24.9. The summed E-state index contributed by atoms with van der Waals surface area (Å²) in [4.78, 5) is 8.69. The number of nitrogens with zero attached hydrogens (tertiary/aromatic N) is 4. The maximum Gasteiger partial charge on any atom is 0.376 e. The van der Waals surface area contributed by atoms with Gasteiger partial charge in [0, 0.05) is 0 Å². The van der Waals surface area contributed by atoms with Crippen molar-refractivity contribution in [1.82, 2.24) is 0 Å². The van der Waals surface area contributed by atoms with Crippen molar-refractivity contribution in [1.29, 1.82) is 0 Å². The molecule has 0 saturated carbocycles. The minimum Gasteiger partial charge on any atom is -0.125 e. The van der Waals surface area contributed by atoms with Gasteiger partial charge in [0.25, 0.3) is 0 Å². The van der Waals surface area contributed by atoms with E-state index in [0.29, 0.717) is 0 Å². The Kier molecular flexibility index (Phi) is 11.6. The van der Waals surface area contributed by atoms with Crippen LogP contribution in [0.25, 0.3) is 0 Å². The van der Waals surface area contributed by atoms with E-state index in [1.807, 2.05) is 0 Å². The van der Waals surface area contributed by atoms with Gasteiger partial charge in [-0.25, -0.2) is 0 Å². The van der Waals surface area contributed by atoms with E-state index in [9.17, 15) is 0 Å². The van der Waals surface area contributed by atoms with Gasteiger partial charge < -0.3 is 0 Å². The van der Waals surface area contributed by atoms with E-state index < -0.39 is 20.1 Å². The van der Waals surface area contributed by atoms with Gasteiger partial charge in [0.2, 0.25) is 0 Å². The maximum absolute atomic E-state index is 7.39. The molecule has 0 atom stereocenters. The van der Waals surface area contributed by atoms with E-state index in [0.717, 1.165) is 0 Å². The van der Waals surface area contributed by atoms with Crippen LogP contribution >= 0.6 is 43.2 Å². The smallest absolute Gasteiger partial charge is 0.125 e. The molecule has 0 amide bonds. The quantitative estimate of drug-likeness (QED) is 0.386. The Bertz CT molecular complexity index is 701. The molecule has 0 unspecified atom stereocenters. The molecule has 0 aliphatic rings. The fraction of sp³-hybridized carbons (Fsp3) is 0.400. The largest absolute Gasteiger partial charge is 0.376 e. The molecule has 2 rings (SSSR count). The number of benzene rings is 2. The monoisotopic (exact) mass is 568 g/mol. The number of halogens is 4. The predicted octanol–water partition coefficient (Wildman–Crippen LogP) is 3.98. The standard InChI is InChI=1S/C20H30ClGeN4.Cl3Si/c1-23(2)15-11-9-12-16(24(3)4)19(15)22(21)20-17(25(5)6)13-10-14-18(20)26(7)8;1-4(2)3/h9-14H,1-8H3;. The van der Waals surface area contributed by atoms with Crippen molar-refractivity contribution in [2.24, 2.45) is 0 Å². The zero-order chi connectivity index (χ0) is 23.2. The number of hydrogen-bond donors (Lipinski definition) is 0. The molecule has 0 spiro atoms. The minimum atomic E-state index is -2.34. The summed E-state index contributed by atoms with van der Waals surface area (Å²) in [6.07, 6.45) is 0. The first-order chi connectivity index (χ1) is 13.9. The Morgan fingerprint density at radius 3 is 0.933 bits per heavy atom. The summed E-state index contributed by atoms with van der Waals surface area (Å²) >= 11 is 12.4. The maximum atomic E-state index is 7.39. The molecule has 2 aromatic rings. The third-order valence-corrected chi connectivity index (χ3v) is 10.4. The molecule has 30 heavy (non-hydrogen) atoms. The molecule has 0 fully saturated rings. The van der Waals surface area contributed by atoms with Crippen LogP contribution in [0, 0.1) is 0 Å². The van der Waals surface area contributed by atoms with Crippen LogP contribution in [0.2, 0.25) is 0 Å².